The van der Waals surface area contributed by atoms with Crippen molar-refractivity contribution in [2.24, 2.45) is 0 Å². The zero-order chi connectivity index (χ0) is 13.2. The van der Waals surface area contributed by atoms with Gasteiger partial charge in [-0.15, -0.1) is 0 Å². The van der Waals surface area contributed by atoms with Crippen molar-refractivity contribution in [3.63, 3.8) is 0 Å². The lowest BCUT2D eigenvalue weighted by atomic mass is 9.94. The lowest BCUT2D eigenvalue weighted by Crippen LogP contribution is -2.47. The topological polar surface area (TPSA) is 45.6 Å². The normalized spacial score (nSPS) is 26.1. The molecule has 2 atom stereocenters. The van der Waals surface area contributed by atoms with Gasteiger partial charge in [0, 0.05) is 20.2 Å². The summed E-state index contributed by atoms with van der Waals surface area (Å²) < 4.78 is 5.59. The number of rotatable bonds is 3. The van der Waals surface area contributed by atoms with E-state index in [2.05, 4.69) is 16.8 Å². The highest BCUT2D eigenvalue weighted by Gasteiger charge is 2.30. The van der Waals surface area contributed by atoms with Gasteiger partial charge in [0.1, 0.15) is 0 Å². The standard InChI is InChI=1S/C14H22N2O2/c1-11(17)13-6-5-12(9-15-13)16-8-4-7-14(2,10-16)18-3/h5-6,9,11,17H,4,7-8,10H2,1-3H3. The van der Waals surface area contributed by atoms with Crippen LogP contribution in [-0.2, 0) is 4.74 Å². The van der Waals surface area contributed by atoms with E-state index < -0.39 is 6.10 Å². The first-order valence-electron chi connectivity index (χ1n) is 6.48. The van der Waals surface area contributed by atoms with E-state index in [1.165, 1.54) is 0 Å². The van der Waals surface area contributed by atoms with Crippen LogP contribution in [0.25, 0.3) is 0 Å². The molecular weight excluding hydrogens is 228 g/mol. The van der Waals surface area contributed by atoms with Gasteiger partial charge in [-0.3, -0.25) is 4.98 Å². The van der Waals surface area contributed by atoms with E-state index in [9.17, 15) is 5.11 Å². The van der Waals surface area contributed by atoms with Crippen molar-refractivity contribution < 1.29 is 9.84 Å². The smallest absolute Gasteiger partial charge is 0.0931 e. The number of aliphatic hydroxyl groups is 1. The van der Waals surface area contributed by atoms with E-state index in [1.54, 1.807) is 14.0 Å². The molecule has 0 spiro atoms. The highest BCUT2D eigenvalue weighted by Crippen LogP contribution is 2.27. The van der Waals surface area contributed by atoms with E-state index >= 15 is 0 Å². The van der Waals surface area contributed by atoms with Gasteiger partial charge in [-0.1, -0.05) is 0 Å². The van der Waals surface area contributed by atoms with Gasteiger partial charge >= 0.3 is 0 Å². The molecule has 1 aromatic rings. The Morgan fingerprint density at radius 1 is 1.50 bits per heavy atom. The Hall–Kier alpha value is -1.13. The zero-order valence-electron chi connectivity index (χ0n) is 11.4. The minimum atomic E-state index is -0.510. The molecule has 0 amide bonds. The molecule has 0 aliphatic carbocycles. The first-order valence-corrected chi connectivity index (χ1v) is 6.48. The van der Waals surface area contributed by atoms with Crippen LogP contribution >= 0.6 is 0 Å². The van der Waals surface area contributed by atoms with Crippen molar-refractivity contribution in [1.29, 1.82) is 0 Å². The SMILES string of the molecule is COC1(C)CCCN(c2ccc(C(C)O)nc2)C1. The summed E-state index contributed by atoms with van der Waals surface area (Å²) in [6.07, 6.45) is 3.55. The fourth-order valence-corrected chi connectivity index (χ4v) is 2.42. The second-order valence-electron chi connectivity index (χ2n) is 5.30. The molecule has 1 fully saturated rings. The summed E-state index contributed by atoms with van der Waals surface area (Å²) >= 11 is 0. The van der Waals surface area contributed by atoms with Crippen LogP contribution in [0.5, 0.6) is 0 Å². The molecule has 0 saturated carbocycles. The van der Waals surface area contributed by atoms with Crippen LogP contribution in [0.2, 0.25) is 0 Å². The third-order valence-corrected chi connectivity index (χ3v) is 3.72. The molecule has 0 radical (unpaired) electrons. The summed E-state index contributed by atoms with van der Waals surface area (Å²) in [4.78, 5) is 6.59. The van der Waals surface area contributed by atoms with Gasteiger partial charge in [-0.05, 0) is 38.8 Å². The number of ether oxygens (including phenoxy) is 1. The second kappa shape index (κ2) is 5.24. The molecule has 2 rings (SSSR count). The lowest BCUT2D eigenvalue weighted by Gasteiger charge is -2.40. The molecule has 4 nitrogen and oxygen atoms in total. The van der Waals surface area contributed by atoms with Crippen LogP contribution in [0.4, 0.5) is 5.69 Å². The van der Waals surface area contributed by atoms with E-state index in [-0.39, 0.29) is 5.60 Å². The first kappa shape index (κ1) is 13.3. The van der Waals surface area contributed by atoms with E-state index in [4.69, 9.17) is 4.74 Å². The minimum Gasteiger partial charge on any atom is -0.387 e. The van der Waals surface area contributed by atoms with Crippen molar-refractivity contribution in [2.45, 2.75) is 38.4 Å². The average Bonchev–Trinajstić information content (AvgIpc) is 2.39. The molecule has 1 aromatic heterocycles. The van der Waals surface area contributed by atoms with Crippen molar-refractivity contribution in [3.05, 3.63) is 24.0 Å². The molecule has 4 heteroatoms. The molecular formula is C14H22N2O2. The Morgan fingerprint density at radius 3 is 2.83 bits per heavy atom. The molecule has 1 saturated heterocycles. The maximum absolute atomic E-state index is 9.45. The molecule has 1 aliphatic heterocycles. The predicted octanol–water partition coefficient (Wildman–Crippen LogP) is 2.14. The van der Waals surface area contributed by atoms with Gasteiger partial charge in [0.05, 0.1) is 29.3 Å². The van der Waals surface area contributed by atoms with Crippen LogP contribution in [0.1, 0.15) is 38.5 Å². The summed E-state index contributed by atoms with van der Waals surface area (Å²) in [5, 5.41) is 9.45. The number of nitrogens with zero attached hydrogens (tertiary/aromatic N) is 2. The molecule has 2 heterocycles. The van der Waals surface area contributed by atoms with E-state index in [0.717, 1.165) is 31.6 Å². The maximum Gasteiger partial charge on any atom is 0.0931 e. The van der Waals surface area contributed by atoms with Crippen LogP contribution in [0, 0.1) is 0 Å². The third kappa shape index (κ3) is 2.82. The number of aliphatic hydroxyl groups excluding tert-OH is 1. The van der Waals surface area contributed by atoms with Gasteiger partial charge < -0.3 is 14.7 Å². The Bertz CT molecular complexity index is 391. The third-order valence-electron chi connectivity index (χ3n) is 3.72. The van der Waals surface area contributed by atoms with Crippen molar-refractivity contribution >= 4 is 5.69 Å². The van der Waals surface area contributed by atoms with E-state index in [1.807, 2.05) is 18.3 Å². The Kier molecular flexibility index (Phi) is 3.88. The predicted molar refractivity (Wildman–Crippen MR) is 71.7 cm³/mol. The number of piperidine rings is 1. The molecule has 0 aromatic carbocycles. The molecule has 2 unspecified atom stereocenters. The van der Waals surface area contributed by atoms with Crippen LogP contribution in [0.3, 0.4) is 0 Å². The number of aromatic nitrogens is 1. The largest absolute Gasteiger partial charge is 0.387 e. The lowest BCUT2D eigenvalue weighted by molar-refractivity contribution is -0.00466. The molecule has 100 valence electrons. The monoisotopic (exact) mass is 250 g/mol. The van der Waals surface area contributed by atoms with E-state index in [0.29, 0.717) is 5.69 Å². The number of pyridine rings is 1. The fraction of sp³-hybridized carbons (Fsp3) is 0.643. The first-order chi connectivity index (χ1) is 8.54. The van der Waals surface area contributed by atoms with Gasteiger partial charge in [0.2, 0.25) is 0 Å². The van der Waals surface area contributed by atoms with Crippen molar-refractivity contribution in [2.75, 3.05) is 25.1 Å². The Morgan fingerprint density at radius 2 is 2.28 bits per heavy atom. The number of hydrogen-bond donors (Lipinski definition) is 1. The van der Waals surface area contributed by atoms with Crippen molar-refractivity contribution in [1.82, 2.24) is 4.98 Å². The molecule has 0 bridgehead atoms. The Labute approximate surface area is 109 Å². The Balaban J connectivity index is 2.11. The minimum absolute atomic E-state index is 0.0683. The van der Waals surface area contributed by atoms with Crippen LogP contribution in [-0.4, -0.2) is 35.9 Å². The summed E-state index contributed by atoms with van der Waals surface area (Å²) in [5.74, 6) is 0. The van der Waals surface area contributed by atoms with Gasteiger partial charge in [-0.25, -0.2) is 0 Å². The summed E-state index contributed by atoms with van der Waals surface area (Å²) in [5.41, 5.74) is 1.74. The number of hydrogen-bond acceptors (Lipinski definition) is 4. The molecule has 18 heavy (non-hydrogen) atoms. The maximum atomic E-state index is 9.45. The highest BCUT2D eigenvalue weighted by molar-refractivity contribution is 5.45. The summed E-state index contributed by atoms with van der Waals surface area (Å²) in [6.45, 7) is 5.80. The fourth-order valence-electron chi connectivity index (χ4n) is 2.42. The van der Waals surface area contributed by atoms with Gasteiger partial charge in [-0.2, -0.15) is 0 Å². The van der Waals surface area contributed by atoms with Gasteiger partial charge in [0.25, 0.3) is 0 Å². The second-order valence-corrected chi connectivity index (χ2v) is 5.30. The van der Waals surface area contributed by atoms with Crippen molar-refractivity contribution in [3.8, 4) is 0 Å². The zero-order valence-corrected chi connectivity index (χ0v) is 11.4. The number of methoxy groups -OCH3 is 1. The average molecular weight is 250 g/mol. The summed E-state index contributed by atoms with van der Waals surface area (Å²) in [6, 6.07) is 3.91. The summed E-state index contributed by atoms with van der Waals surface area (Å²) in [7, 11) is 1.78. The molecule has 1 aliphatic rings. The van der Waals surface area contributed by atoms with Crippen LogP contribution in [0.15, 0.2) is 18.3 Å². The number of anilines is 1. The van der Waals surface area contributed by atoms with Crippen LogP contribution < -0.4 is 4.90 Å². The highest BCUT2D eigenvalue weighted by atomic mass is 16.5. The quantitative estimate of drug-likeness (QED) is 0.892. The van der Waals surface area contributed by atoms with Gasteiger partial charge in [0.15, 0.2) is 0 Å². The molecule has 1 N–H and O–H groups in total.